The van der Waals surface area contributed by atoms with E-state index >= 15 is 0 Å². The van der Waals surface area contributed by atoms with Crippen LogP contribution in [-0.4, -0.2) is 51.9 Å². The van der Waals surface area contributed by atoms with Crippen molar-refractivity contribution in [3.05, 3.63) is 75.3 Å². The Kier molecular flexibility index (Phi) is 4.96. The van der Waals surface area contributed by atoms with E-state index in [9.17, 15) is 9.59 Å². The second-order valence-corrected chi connectivity index (χ2v) is 7.40. The van der Waals surface area contributed by atoms with Crippen molar-refractivity contribution in [2.24, 2.45) is 0 Å². The zero-order valence-electron chi connectivity index (χ0n) is 16.2. The molecule has 0 atom stereocenters. The molecule has 2 aromatic heterocycles. The second kappa shape index (κ2) is 7.56. The molecule has 144 valence electrons. The first-order chi connectivity index (χ1) is 13.5. The van der Waals surface area contributed by atoms with E-state index in [1.165, 1.54) is 5.56 Å². The number of fused-ring (bicyclic) bond motifs is 1. The molecule has 0 unspecified atom stereocenters. The number of carbonyl (C=O) groups is 1. The molecule has 4 rings (SSSR count). The summed E-state index contributed by atoms with van der Waals surface area (Å²) < 4.78 is 0. The smallest absolute Gasteiger partial charge is 0.254 e. The molecular formula is C22H24N4O2. The minimum absolute atomic E-state index is 0.0310. The molecule has 1 aromatic carbocycles. The number of amides is 1. The molecule has 6 nitrogen and oxygen atoms in total. The summed E-state index contributed by atoms with van der Waals surface area (Å²) in [5.41, 5.74) is 4.61. The van der Waals surface area contributed by atoms with Crippen LogP contribution < -0.4 is 5.56 Å². The van der Waals surface area contributed by atoms with E-state index < -0.39 is 0 Å². The van der Waals surface area contributed by atoms with Gasteiger partial charge in [0.2, 0.25) is 0 Å². The number of rotatable bonds is 3. The third-order valence-electron chi connectivity index (χ3n) is 5.61. The number of aryl methyl sites for hydroxylation is 2. The lowest BCUT2D eigenvalue weighted by molar-refractivity contribution is 0.0628. The van der Waals surface area contributed by atoms with Crippen LogP contribution in [0.25, 0.3) is 10.9 Å². The Morgan fingerprint density at radius 3 is 2.50 bits per heavy atom. The fraction of sp³-hybridized carbons (Fsp3) is 0.318. The molecule has 3 aromatic rings. The molecule has 1 aliphatic heterocycles. The normalized spacial score (nSPS) is 15.1. The van der Waals surface area contributed by atoms with Gasteiger partial charge in [-0.15, -0.1) is 0 Å². The van der Waals surface area contributed by atoms with Gasteiger partial charge in [0, 0.05) is 56.2 Å². The van der Waals surface area contributed by atoms with Crippen molar-refractivity contribution >= 4 is 16.8 Å². The highest BCUT2D eigenvalue weighted by molar-refractivity contribution is 5.94. The second-order valence-electron chi connectivity index (χ2n) is 7.40. The quantitative estimate of drug-likeness (QED) is 0.763. The number of aromatic nitrogens is 2. The fourth-order valence-corrected chi connectivity index (χ4v) is 3.71. The van der Waals surface area contributed by atoms with Crippen LogP contribution in [0.2, 0.25) is 0 Å². The summed E-state index contributed by atoms with van der Waals surface area (Å²) in [6.07, 6.45) is 3.28. The van der Waals surface area contributed by atoms with Crippen LogP contribution in [0.5, 0.6) is 0 Å². The van der Waals surface area contributed by atoms with Gasteiger partial charge in [-0.1, -0.05) is 12.1 Å². The Morgan fingerprint density at radius 1 is 1.07 bits per heavy atom. The summed E-state index contributed by atoms with van der Waals surface area (Å²) in [6.45, 7) is 7.49. The van der Waals surface area contributed by atoms with Crippen LogP contribution in [0, 0.1) is 13.8 Å². The molecule has 1 saturated heterocycles. The van der Waals surface area contributed by atoms with Crippen LogP contribution >= 0.6 is 0 Å². The van der Waals surface area contributed by atoms with Gasteiger partial charge in [-0.05, 0) is 48.6 Å². The van der Waals surface area contributed by atoms with Gasteiger partial charge in [0.05, 0.1) is 5.52 Å². The molecule has 1 aliphatic rings. The van der Waals surface area contributed by atoms with Crippen molar-refractivity contribution in [3.63, 3.8) is 0 Å². The summed E-state index contributed by atoms with van der Waals surface area (Å²) in [5, 5.41) is 1.06. The molecule has 6 heteroatoms. The minimum atomic E-state index is -0.0310. The van der Waals surface area contributed by atoms with E-state index in [0.717, 1.165) is 35.1 Å². The molecule has 1 fully saturated rings. The summed E-state index contributed by atoms with van der Waals surface area (Å²) >= 11 is 0. The molecule has 0 radical (unpaired) electrons. The Hall–Kier alpha value is -2.99. The molecule has 0 saturated carbocycles. The first-order valence-corrected chi connectivity index (χ1v) is 9.56. The Bertz CT molecular complexity index is 1070. The highest BCUT2D eigenvalue weighted by atomic mass is 16.2. The number of piperazine rings is 1. The zero-order valence-corrected chi connectivity index (χ0v) is 16.2. The van der Waals surface area contributed by atoms with Crippen molar-refractivity contribution in [2.75, 3.05) is 26.2 Å². The summed E-state index contributed by atoms with van der Waals surface area (Å²) in [5.74, 6) is 0.0384. The number of hydrogen-bond donors (Lipinski definition) is 1. The standard InChI is InChI=1S/C22H24N4O2/c1-15-3-4-18-13-19(21(27)24-20(18)16(15)2)14-25-9-11-26(12-10-25)22(28)17-5-7-23-8-6-17/h3-8,13H,9-12,14H2,1-2H3,(H,24,27). The lowest BCUT2D eigenvalue weighted by Gasteiger charge is -2.34. The zero-order chi connectivity index (χ0) is 19.7. The van der Waals surface area contributed by atoms with Gasteiger partial charge in [0.15, 0.2) is 0 Å². The number of aromatic amines is 1. The van der Waals surface area contributed by atoms with Crippen LogP contribution in [0.1, 0.15) is 27.0 Å². The average molecular weight is 376 g/mol. The molecule has 1 amide bonds. The topological polar surface area (TPSA) is 69.3 Å². The lowest BCUT2D eigenvalue weighted by atomic mass is 10.0. The van der Waals surface area contributed by atoms with Crippen LogP contribution in [0.4, 0.5) is 0 Å². The van der Waals surface area contributed by atoms with Crippen molar-refractivity contribution in [1.82, 2.24) is 19.8 Å². The number of benzene rings is 1. The maximum atomic E-state index is 12.6. The maximum absolute atomic E-state index is 12.6. The van der Waals surface area contributed by atoms with Gasteiger partial charge < -0.3 is 9.88 Å². The predicted octanol–water partition coefficient (Wildman–Crippen LogP) is 2.50. The SMILES string of the molecule is Cc1ccc2cc(CN3CCN(C(=O)c4ccncc4)CC3)c(=O)[nH]c2c1C. The van der Waals surface area contributed by atoms with Crippen LogP contribution in [-0.2, 0) is 6.54 Å². The van der Waals surface area contributed by atoms with Crippen molar-refractivity contribution in [2.45, 2.75) is 20.4 Å². The van der Waals surface area contributed by atoms with Crippen molar-refractivity contribution in [1.29, 1.82) is 0 Å². The van der Waals surface area contributed by atoms with E-state index in [0.29, 0.717) is 25.2 Å². The number of pyridine rings is 2. The van der Waals surface area contributed by atoms with Gasteiger partial charge in [0.25, 0.3) is 11.5 Å². The van der Waals surface area contributed by atoms with Crippen LogP contribution in [0.3, 0.4) is 0 Å². The molecule has 0 bridgehead atoms. The summed E-state index contributed by atoms with van der Waals surface area (Å²) in [6, 6.07) is 9.63. The van der Waals surface area contributed by atoms with Crippen molar-refractivity contribution < 1.29 is 4.79 Å². The molecule has 28 heavy (non-hydrogen) atoms. The number of hydrogen-bond acceptors (Lipinski definition) is 4. The Balaban J connectivity index is 1.45. The van der Waals surface area contributed by atoms with Crippen LogP contribution in [0.15, 0.2) is 47.5 Å². The van der Waals surface area contributed by atoms with E-state index in [1.54, 1.807) is 24.5 Å². The highest BCUT2D eigenvalue weighted by Crippen LogP contribution is 2.19. The van der Waals surface area contributed by atoms with E-state index in [4.69, 9.17) is 0 Å². The average Bonchev–Trinajstić information content (AvgIpc) is 2.73. The first kappa shape index (κ1) is 18.4. The number of H-pyrrole nitrogens is 1. The third-order valence-corrected chi connectivity index (χ3v) is 5.61. The fourth-order valence-electron chi connectivity index (χ4n) is 3.71. The Morgan fingerprint density at radius 2 is 1.79 bits per heavy atom. The number of nitrogens with one attached hydrogen (secondary N) is 1. The number of nitrogens with zero attached hydrogens (tertiary/aromatic N) is 3. The van der Waals surface area contributed by atoms with E-state index in [1.807, 2.05) is 24.8 Å². The molecule has 0 spiro atoms. The summed E-state index contributed by atoms with van der Waals surface area (Å²) in [7, 11) is 0. The van der Waals surface area contributed by atoms with Gasteiger partial charge in [-0.3, -0.25) is 19.5 Å². The molecule has 3 heterocycles. The molecule has 0 aliphatic carbocycles. The highest BCUT2D eigenvalue weighted by Gasteiger charge is 2.22. The minimum Gasteiger partial charge on any atom is -0.336 e. The largest absolute Gasteiger partial charge is 0.336 e. The molecular weight excluding hydrogens is 352 g/mol. The Labute approximate surface area is 163 Å². The third kappa shape index (κ3) is 3.55. The number of carbonyl (C=O) groups excluding carboxylic acids is 1. The van der Waals surface area contributed by atoms with E-state index in [-0.39, 0.29) is 11.5 Å². The first-order valence-electron chi connectivity index (χ1n) is 9.56. The lowest BCUT2D eigenvalue weighted by Crippen LogP contribution is -2.48. The van der Waals surface area contributed by atoms with Gasteiger partial charge in [-0.25, -0.2) is 0 Å². The maximum Gasteiger partial charge on any atom is 0.254 e. The predicted molar refractivity (Wildman–Crippen MR) is 109 cm³/mol. The van der Waals surface area contributed by atoms with Gasteiger partial charge >= 0.3 is 0 Å². The van der Waals surface area contributed by atoms with Gasteiger partial charge in [0.1, 0.15) is 0 Å². The van der Waals surface area contributed by atoms with E-state index in [2.05, 4.69) is 27.0 Å². The summed E-state index contributed by atoms with van der Waals surface area (Å²) in [4.78, 5) is 36.2. The van der Waals surface area contributed by atoms with Gasteiger partial charge in [-0.2, -0.15) is 0 Å². The monoisotopic (exact) mass is 376 g/mol. The van der Waals surface area contributed by atoms with Crippen molar-refractivity contribution in [3.8, 4) is 0 Å². The molecule has 1 N–H and O–H groups in total.